The van der Waals surface area contributed by atoms with Crippen LogP contribution in [0.1, 0.15) is 33.6 Å². The lowest BCUT2D eigenvalue weighted by molar-refractivity contribution is -0.138. The molecule has 1 saturated carbocycles. The molecule has 3 nitrogen and oxygen atoms in total. The topological polar surface area (TPSA) is 40.5 Å². The van der Waals surface area contributed by atoms with E-state index in [-0.39, 0.29) is 5.92 Å². The van der Waals surface area contributed by atoms with Crippen LogP contribution < -0.4 is 0 Å². The molecule has 0 saturated heterocycles. The van der Waals surface area contributed by atoms with Gasteiger partial charge in [-0.05, 0) is 32.5 Å². The zero-order chi connectivity index (χ0) is 10.3. The van der Waals surface area contributed by atoms with Gasteiger partial charge in [-0.15, -0.1) is 0 Å². The smallest absolute Gasteiger partial charge is 0.306 e. The molecular formula is C10H21NO2. The minimum Gasteiger partial charge on any atom is -0.481 e. The zero-order valence-corrected chi connectivity index (χ0v) is 8.92. The van der Waals surface area contributed by atoms with E-state index in [9.17, 15) is 4.79 Å². The van der Waals surface area contributed by atoms with Crippen LogP contribution in [0.4, 0.5) is 0 Å². The van der Waals surface area contributed by atoms with Gasteiger partial charge in [0.1, 0.15) is 0 Å². The molecule has 0 aromatic rings. The molecule has 1 rings (SSSR count). The van der Waals surface area contributed by atoms with Crippen LogP contribution in [-0.4, -0.2) is 35.6 Å². The van der Waals surface area contributed by atoms with E-state index in [1.165, 1.54) is 19.6 Å². The number of hydrogen-bond donors (Lipinski definition) is 1. The molecule has 1 fully saturated rings. The van der Waals surface area contributed by atoms with E-state index < -0.39 is 5.97 Å². The summed E-state index contributed by atoms with van der Waals surface area (Å²) < 4.78 is 0. The number of nitrogens with zero attached hydrogens (tertiary/aromatic N) is 1. The summed E-state index contributed by atoms with van der Waals surface area (Å²) in [6.45, 7) is 10.1. The summed E-state index contributed by atoms with van der Waals surface area (Å²) in [6.07, 6.45) is 1.80. The predicted octanol–water partition coefficient (Wildman–Crippen LogP) is 1.83. The van der Waals surface area contributed by atoms with E-state index in [2.05, 4.69) is 25.7 Å². The van der Waals surface area contributed by atoms with Crippen molar-refractivity contribution < 1.29 is 9.90 Å². The second-order valence-electron chi connectivity index (χ2n) is 3.23. The van der Waals surface area contributed by atoms with Crippen molar-refractivity contribution in [3.63, 3.8) is 0 Å². The number of aliphatic carboxylic acids is 1. The first kappa shape index (κ1) is 12.4. The predicted molar refractivity (Wildman–Crippen MR) is 53.8 cm³/mol. The van der Waals surface area contributed by atoms with Crippen LogP contribution in [0, 0.1) is 5.92 Å². The molecule has 78 valence electrons. The molecule has 1 N–H and O–H groups in total. The van der Waals surface area contributed by atoms with Crippen LogP contribution in [-0.2, 0) is 4.79 Å². The van der Waals surface area contributed by atoms with Gasteiger partial charge in [-0.2, -0.15) is 0 Å². The number of carboxylic acids is 1. The first-order chi connectivity index (χ1) is 6.15. The molecule has 0 bridgehead atoms. The van der Waals surface area contributed by atoms with Crippen LogP contribution >= 0.6 is 0 Å². The monoisotopic (exact) mass is 187 g/mol. The van der Waals surface area contributed by atoms with Crippen LogP contribution in [0.5, 0.6) is 0 Å². The molecule has 0 atom stereocenters. The van der Waals surface area contributed by atoms with Gasteiger partial charge < -0.3 is 10.0 Å². The third-order valence-electron chi connectivity index (χ3n) is 2.27. The fourth-order valence-electron chi connectivity index (χ4n) is 1.00. The Morgan fingerprint density at radius 1 is 1.23 bits per heavy atom. The molecule has 13 heavy (non-hydrogen) atoms. The van der Waals surface area contributed by atoms with Gasteiger partial charge >= 0.3 is 5.97 Å². The van der Waals surface area contributed by atoms with Crippen molar-refractivity contribution in [2.75, 3.05) is 19.6 Å². The summed E-state index contributed by atoms with van der Waals surface area (Å²) >= 11 is 0. The minimum atomic E-state index is -0.630. The Labute approximate surface area is 80.7 Å². The molecule has 1 aliphatic rings. The lowest BCUT2D eigenvalue weighted by atomic mass is 10.5. The summed E-state index contributed by atoms with van der Waals surface area (Å²) in [5.41, 5.74) is 0. The SMILES string of the molecule is CCN(CC)CC.O=C(O)C1CC1. The molecule has 0 aromatic carbocycles. The molecule has 1 aliphatic carbocycles. The Kier molecular flexibility index (Phi) is 6.59. The quantitative estimate of drug-likeness (QED) is 0.730. The third-order valence-corrected chi connectivity index (χ3v) is 2.27. The van der Waals surface area contributed by atoms with E-state index in [1.54, 1.807) is 0 Å². The van der Waals surface area contributed by atoms with Gasteiger partial charge in [-0.1, -0.05) is 20.8 Å². The van der Waals surface area contributed by atoms with E-state index in [0.29, 0.717) is 0 Å². The molecule has 3 heteroatoms. The van der Waals surface area contributed by atoms with Gasteiger partial charge in [0.05, 0.1) is 5.92 Å². The van der Waals surface area contributed by atoms with Crippen molar-refractivity contribution in [2.45, 2.75) is 33.6 Å². The maximum absolute atomic E-state index is 9.76. The van der Waals surface area contributed by atoms with Gasteiger partial charge in [0.2, 0.25) is 0 Å². The summed E-state index contributed by atoms with van der Waals surface area (Å²) in [4.78, 5) is 12.1. The number of hydrogen-bond acceptors (Lipinski definition) is 2. The average Bonchev–Trinajstić information content (AvgIpc) is 2.90. The average molecular weight is 187 g/mol. The standard InChI is InChI=1S/C6H15N.C4H6O2/c1-4-7(5-2)6-3;5-4(6)3-1-2-3/h4-6H2,1-3H3;3H,1-2H2,(H,5,6). The molecule has 0 amide bonds. The van der Waals surface area contributed by atoms with Gasteiger partial charge in [-0.3, -0.25) is 4.79 Å². The summed E-state index contributed by atoms with van der Waals surface area (Å²) in [7, 11) is 0. The molecule has 0 aliphatic heterocycles. The number of rotatable bonds is 4. The zero-order valence-electron chi connectivity index (χ0n) is 8.92. The van der Waals surface area contributed by atoms with Gasteiger partial charge in [0.15, 0.2) is 0 Å². The minimum absolute atomic E-state index is 0.0185. The van der Waals surface area contributed by atoms with Crippen LogP contribution in [0.2, 0.25) is 0 Å². The van der Waals surface area contributed by atoms with Crippen molar-refractivity contribution >= 4 is 5.97 Å². The Morgan fingerprint density at radius 3 is 1.62 bits per heavy atom. The Bertz CT molecular complexity index is 134. The molecular weight excluding hydrogens is 166 g/mol. The van der Waals surface area contributed by atoms with Gasteiger partial charge in [0, 0.05) is 0 Å². The fourth-order valence-corrected chi connectivity index (χ4v) is 1.00. The summed E-state index contributed by atoms with van der Waals surface area (Å²) in [6, 6.07) is 0. The van der Waals surface area contributed by atoms with E-state index in [4.69, 9.17) is 5.11 Å². The highest BCUT2D eigenvalue weighted by Crippen LogP contribution is 2.28. The second kappa shape index (κ2) is 6.89. The lowest BCUT2D eigenvalue weighted by Crippen LogP contribution is -2.21. The summed E-state index contributed by atoms with van der Waals surface area (Å²) in [5.74, 6) is -0.611. The highest BCUT2D eigenvalue weighted by atomic mass is 16.4. The van der Waals surface area contributed by atoms with Crippen molar-refractivity contribution in [1.82, 2.24) is 4.90 Å². The third kappa shape index (κ3) is 6.58. The summed E-state index contributed by atoms with van der Waals surface area (Å²) in [5, 5.41) is 8.05. The first-order valence-electron chi connectivity index (χ1n) is 5.10. The van der Waals surface area contributed by atoms with Crippen LogP contribution in [0.15, 0.2) is 0 Å². The van der Waals surface area contributed by atoms with Crippen molar-refractivity contribution in [1.29, 1.82) is 0 Å². The van der Waals surface area contributed by atoms with Crippen molar-refractivity contribution in [3.8, 4) is 0 Å². The van der Waals surface area contributed by atoms with Crippen LogP contribution in [0.25, 0.3) is 0 Å². The van der Waals surface area contributed by atoms with Gasteiger partial charge in [-0.25, -0.2) is 0 Å². The van der Waals surface area contributed by atoms with E-state index in [1.807, 2.05) is 0 Å². The first-order valence-corrected chi connectivity index (χ1v) is 5.10. The number of carbonyl (C=O) groups is 1. The highest BCUT2D eigenvalue weighted by molar-refractivity contribution is 5.72. The Hall–Kier alpha value is -0.570. The molecule has 0 radical (unpaired) electrons. The second-order valence-corrected chi connectivity index (χ2v) is 3.23. The Balaban J connectivity index is 0.000000223. The highest BCUT2D eigenvalue weighted by Gasteiger charge is 2.28. The fraction of sp³-hybridized carbons (Fsp3) is 0.900. The maximum Gasteiger partial charge on any atom is 0.306 e. The maximum atomic E-state index is 9.76. The largest absolute Gasteiger partial charge is 0.481 e. The molecule has 0 heterocycles. The van der Waals surface area contributed by atoms with Crippen molar-refractivity contribution in [2.24, 2.45) is 5.92 Å². The molecule has 0 spiro atoms. The van der Waals surface area contributed by atoms with Gasteiger partial charge in [0.25, 0.3) is 0 Å². The molecule has 0 aromatic heterocycles. The van der Waals surface area contributed by atoms with Crippen LogP contribution in [0.3, 0.4) is 0 Å². The normalized spacial score (nSPS) is 15.1. The van der Waals surface area contributed by atoms with Crippen molar-refractivity contribution in [3.05, 3.63) is 0 Å². The Morgan fingerprint density at radius 2 is 1.62 bits per heavy atom. The van der Waals surface area contributed by atoms with E-state index >= 15 is 0 Å². The number of carboxylic acid groups (broad SMARTS) is 1. The lowest BCUT2D eigenvalue weighted by Gasteiger charge is -2.13. The van der Waals surface area contributed by atoms with E-state index in [0.717, 1.165) is 12.8 Å². The molecule has 0 unspecified atom stereocenters.